The summed E-state index contributed by atoms with van der Waals surface area (Å²) in [5.41, 5.74) is 4.68. The van der Waals surface area contributed by atoms with Gasteiger partial charge in [0.2, 0.25) is 0 Å². The highest BCUT2D eigenvalue weighted by atomic mass is 32.1. The normalized spacial score (nSPS) is 15.6. The van der Waals surface area contributed by atoms with Crippen molar-refractivity contribution in [1.82, 2.24) is 14.5 Å². The summed E-state index contributed by atoms with van der Waals surface area (Å²) in [6, 6.07) is 6.07. The quantitative estimate of drug-likeness (QED) is 0.544. The van der Waals surface area contributed by atoms with Gasteiger partial charge in [-0.3, -0.25) is 9.36 Å². The van der Waals surface area contributed by atoms with Crippen LogP contribution in [0, 0.1) is 0 Å². The number of aryl methyl sites for hydroxylation is 3. The molecule has 1 aliphatic carbocycles. The smallest absolute Gasteiger partial charge is 0.262 e. The predicted molar refractivity (Wildman–Crippen MR) is 108 cm³/mol. The van der Waals surface area contributed by atoms with Gasteiger partial charge in [-0.25, -0.2) is 4.98 Å². The van der Waals surface area contributed by atoms with Crippen LogP contribution in [0.25, 0.3) is 32.6 Å². The number of H-pyrrole nitrogens is 1. The molecule has 1 N–H and O–H groups in total. The van der Waals surface area contributed by atoms with Crippen molar-refractivity contribution in [2.45, 2.75) is 38.6 Å². The van der Waals surface area contributed by atoms with Crippen LogP contribution < -0.4 is 10.3 Å². The van der Waals surface area contributed by atoms with Crippen LogP contribution in [0.1, 0.15) is 28.8 Å². The van der Waals surface area contributed by atoms with E-state index in [1.807, 2.05) is 16.7 Å². The van der Waals surface area contributed by atoms with E-state index in [1.54, 1.807) is 18.4 Å². The molecule has 0 saturated carbocycles. The topological polar surface area (TPSA) is 59.9 Å². The van der Waals surface area contributed by atoms with Crippen LogP contribution in [0.5, 0.6) is 5.75 Å². The fourth-order valence-corrected chi connectivity index (χ4v) is 5.92. The lowest BCUT2D eigenvalue weighted by atomic mass is 9.97. The molecule has 0 spiro atoms. The van der Waals surface area contributed by atoms with Crippen molar-refractivity contribution in [2.24, 2.45) is 0 Å². The molecule has 0 saturated heterocycles. The molecule has 0 atom stereocenters. The van der Waals surface area contributed by atoms with Gasteiger partial charge in [-0.2, -0.15) is 0 Å². The minimum Gasteiger partial charge on any atom is -0.497 e. The molecule has 6 rings (SSSR count). The number of hydrogen-bond acceptors (Lipinski definition) is 4. The van der Waals surface area contributed by atoms with Gasteiger partial charge in [0, 0.05) is 22.3 Å². The van der Waals surface area contributed by atoms with Gasteiger partial charge in [-0.1, -0.05) is 0 Å². The summed E-state index contributed by atoms with van der Waals surface area (Å²) >= 11 is 1.72. The van der Waals surface area contributed by atoms with E-state index in [1.165, 1.54) is 28.8 Å². The fourth-order valence-electron chi connectivity index (χ4n) is 4.66. The van der Waals surface area contributed by atoms with Gasteiger partial charge in [0.1, 0.15) is 10.6 Å². The number of methoxy groups -OCH3 is 1. The van der Waals surface area contributed by atoms with Gasteiger partial charge in [0.15, 0.2) is 5.82 Å². The molecule has 0 radical (unpaired) electrons. The number of benzene rings is 1. The van der Waals surface area contributed by atoms with Gasteiger partial charge in [-0.05, 0) is 61.4 Å². The Morgan fingerprint density at radius 2 is 2.07 bits per heavy atom. The molecular formula is C21H19N3O2S. The number of aromatic amines is 1. The molecule has 0 fully saturated rings. The van der Waals surface area contributed by atoms with Crippen LogP contribution in [-0.4, -0.2) is 21.6 Å². The van der Waals surface area contributed by atoms with Crippen LogP contribution in [0.4, 0.5) is 0 Å². The van der Waals surface area contributed by atoms with E-state index in [2.05, 4.69) is 11.1 Å². The van der Waals surface area contributed by atoms with Crippen molar-refractivity contribution in [3.63, 3.8) is 0 Å². The summed E-state index contributed by atoms with van der Waals surface area (Å²) in [7, 11) is 1.69. The Bertz CT molecular complexity index is 1290. The fraction of sp³-hybridized carbons (Fsp3) is 0.333. The highest BCUT2D eigenvalue weighted by Gasteiger charge is 2.27. The third-order valence-electron chi connectivity index (χ3n) is 6.00. The maximum atomic E-state index is 13.3. The number of rotatable bonds is 1. The predicted octanol–water partition coefficient (Wildman–Crippen LogP) is 4.05. The van der Waals surface area contributed by atoms with Crippen molar-refractivity contribution in [1.29, 1.82) is 0 Å². The standard InChI is InChI=1S/C21H19N3O2S/c1-26-11-6-7-15-14(10-11)12-8-9-24-19(18(12)22-15)23-20-17(21(24)25)13-4-2-3-5-16(13)27-20/h6-7,10,22H,2-5,8-9H2,1H3. The van der Waals surface area contributed by atoms with E-state index < -0.39 is 0 Å². The molecule has 6 heteroatoms. The number of aromatic nitrogens is 3. The van der Waals surface area contributed by atoms with Crippen LogP contribution in [0.3, 0.4) is 0 Å². The first-order chi connectivity index (χ1) is 13.2. The SMILES string of the molecule is COc1ccc2[nH]c3c(c2c1)CCn1c-3nc2sc3c(c2c1=O)CCCC3. The molecule has 0 bridgehead atoms. The average Bonchev–Trinajstić information content (AvgIpc) is 3.25. The summed E-state index contributed by atoms with van der Waals surface area (Å²) in [4.78, 5) is 24.1. The van der Waals surface area contributed by atoms with Crippen molar-refractivity contribution in [2.75, 3.05) is 7.11 Å². The second kappa shape index (κ2) is 5.45. The molecule has 5 nitrogen and oxygen atoms in total. The molecule has 0 unspecified atom stereocenters. The number of ether oxygens (including phenoxy) is 1. The van der Waals surface area contributed by atoms with Crippen molar-refractivity contribution in [3.8, 4) is 17.3 Å². The Morgan fingerprint density at radius 3 is 2.96 bits per heavy atom. The number of hydrogen-bond donors (Lipinski definition) is 1. The molecule has 4 heterocycles. The second-order valence-electron chi connectivity index (χ2n) is 7.42. The molecule has 1 aliphatic heterocycles. The molecule has 1 aromatic carbocycles. The van der Waals surface area contributed by atoms with E-state index in [9.17, 15) is 4.79 Å². The average molecular weight is 377 g/mol. The summed E-state index contributed by atoms with van der Waals surface area (Å²) in [5.74, 6) is 1.63. The maximum absolute atomic E-state index is 13.3. The summed E-state index contributed by atoms with van der Waals surface area (Å²) in [5, 5.41) is 2.04. The minimum absolute atomic E-state index is 0.135. The summed E-state index contributed by atoms with van der Waals surface area (Å²) < 4.78 is 7.27. The van der Waals surface area contributed by atoms with Crippen molar-refractivity contribution < 1.29 is 4.74 Å². The van der Waals surface area contributed by atoms with Crippen molar-refractivity contribution in [3.05, 3.63) is 44.6 Å². The lowest BCUT2D eigenvalue weighted by Gasteiger charge is -2.18. The third kappa shape index (κ3) is 2.04. The Balaban J connectivity index is 1.65. The molecule has 27 heavy (non-hydrogen) atoms. The zero-order valence-corrected chi connectivity index (χ0v) is 15.9. The van der Waals surface area contributed by atoms with Crippen LogP contribution in [-0.2, 0) is 25.8 Å². The van der Waals surface area contributed by atoms with E-state index >= 15 is 0 Å². The summed E-state index contributed by atoms with van der Waals surface area (Å²) in [6.45, 7) is 0.679. The second-order valence-corrected chi connectivity index (χ2v) is 8.51. The summed E-state index contributed by atoms with van der Waals surface area (Å²) in [6.07, 6.45) is 5.32. The number of fused-ring (bicyclic) bond motifs is 8. The first-order valence-corrected chi connectivity index (χ1v) is 10.3. The Hall–Kier alpha value is -2.60. The maximum Gasteiger partial charge on any atom is 0.262 e. The Morgan fingerprint density at radius 1 is 1.19 bits per heavy atom. The van der Waals surface area contributed by atoms with Crippen LogP contribution in [0.15, 0.2) is 23.0 Å². The molecule has 3 aromatic heterocycles. The van der Waals surface area contributed by atoms with Gasteiger partial charge < -0.3 is 9.72 Å². The molecule has 2 aliphatic rings. The monoisotopic (exact) mass is 377 g/mol. The number of thiophene rings is 1. The number of nitrogens with zero attached hydrogens (tertiary/aromatic N) is 2. The molecule has 0 amide bonds. The van der Waals surface area contributed by atoms with Crippen molar-refractivity contribution >= 4 is 32.5 Å². The van der Waals surface area contributed by atoms with Crippen LogP contribution >= 0.6 is 11.3 Å². The van der Waals surface area contributed by atoms with Gasteiger partial charge in [0.05, 0.1) is 18.2 Å². The lowest BCUT2D eigenvalue weighted by Crippen LogP contribution is -2.27. The molecular weight excluding hydrogens is 358 g/mol. The van der Waals surface area contributed by atoms with E-state index in [0.717, 1.165) is 57.6 Å². The lowest BCUT2D eigenvalue weighted by molar-refractivity contribution is 0.415. The highest BCUT2D eigenvalue weighted by molar-refractivity contribution is 7.18. The largest absolute Gasteiger partial charge is 0.497 e. The Labute approximate surface area is 159 Å². The van der Waals surface area contributed by atoms with Gasteiger partial charge >= 0.3 is 0 Å². The molecule has 4 aromatic rings. The first-order valence-electron chi connectivity index (χ1n) is 9.48. The Kier molecular flexibility index (Phi) is 3.12. The van der Waals surface area contributed by atoms with E-state index in [4.69, 9.17) is 9.72 Å². The number of nitrogens with one attached hydrogen (secondary N) is 1. The zero-order valence-electron chi connectivity index (χ0n) is 15.1. The minimum atomic E-state index is 0.135. The van der Waals surface area contributed by atoms with E-state index in [0.29, 0.717) is 6.54 Å². The van der Waals surface area contributed by atoms with Crippen LogP contribution in [0.2, 0.25) is 0 Å². The van der Waals surface area contributed by atoms with E-state index in [-0.39, 0.29) is 5.56 Å². The third-order valence-corrected chi connectivity index (χ3v) is 7.18. The van der Waals surface area contributed by atoms with Gasteiger partial charge in [0.25, 0.3) is 5.56 Å². The molecule has 136 valence electrons. The first kappa shape index (κ1) is 15.5. The van der Waals surface area contributed by atoms with Gasteiger partial charge in [-0.15, -0.1) is 11.3 Å². The highest BCUT2D eigenvalue weighted by Crippen LogP contribution is 2.38. The zero-order chi connectivity index (χ0) is 18.1.